The van der Waals surface area contributed by atoms with Gasteiger partial charge in [-0.1, -0.05) is 44.2 Å². The van der Waals surface area contributed by atoms with E-state index in [4.69, 9.17) is 16.2 Å². The monoisotopic (exact) mass is 391 g/mol. The van der Waals surface area contributed by atoms with Gasteiger partial charge in [-0.3, -0.25) is 9.79 Å². The molecule has 1 amide bonds. The third-order valence-corrected chi connectivity index (χ3v) is 4.11. The van der Waals surface area contributed by atoms with E-state index in [0.29, 0.717) is 31.8 Å². The summed E-state index contributed by atoms with van der Waals surface area (Å²) in [7, 11) is 1.59. The Hall–Kier alpha value is -2.61. The number of carbonyl (C=O) groups excluding carboxylic acids is 2. The molecule has 156 valence electrons. The normalized spacial score (nSPS) is 13.7. The first-order valence-electron chi connectivity index (χ1n) is 9.56. The van der Waals surface area contributed by atoms with E-state index in [1.54, 1.807) is 7.05 Å². The molecule has 0 aliphatic carbocycles. The maximum absolute atomic E-state index is 12.5. The molecule has 0 saturated heterocycles. The van der Waals surface area contributed by atoms with Gasteiger partial charge in [0.2, 0.25) is 5.91 Å². The van der Waals surface area contributed by atoms with Gasteiger partial charge < -0.3 is 26.8 Å². The first-order chi connectivity index (χ1) is 13.3. The second-order valence-electron chi connectivity index (χ2n) is 7.07. The molecule has 0 spiro atoms. The van der Waals surface area contributed by atoms with Crippen LogP contribution >= 0.6 is 0 Å². The number of carbonyl (C=O) groups is 2. The maximum atomic E-state index is 12.5. The van der Waals surface area contributed by atoms with Crippen LogP contribution in [-0.4, -0.2) is 43.5 Å². The lowest BCUT2D eigenvalue weighted by Gasteiger charge is -2.21. The lowest BCUT2D eigenvalue weighted by molar-refractivity contribution is -0.149. The number of esters is 1. The SMILES string of the molecule is CN=C(N)NCCC[C@@H](N)C(=O)N[C@@H](CC(C)C)C(=O)OCc1ccccc1. The van der Waals surface area contributed by atoms with Gasteiger partial charge >= 0.3 is 5.97 Å². The smallest absolute Gasteiger partial charge is 0.328 e. The summed E-state index contributed by atoms with van der Waals surface area (Å²) in [6.45, 7) is 4.70. The average molecular weight is 392 g/mol. The van der Waals surface area contributed by atoms with E-state index in [2.05, 4.69) is 15.6 Å². The Morgan fingerprint density at radius 2 is 1.89 bits per heavy atom. The van der Waals surface area contributed by atoms with Gasteiger partial charge in [0.25, 0.3) is 0 Å². The van der Waals surface area contributed by atoms with Crippen LogP contribution in [0.4, 0.5) is 0 Å². The van der Waals surface area contributed by atoms with Crippen molar-refractivity contribution in [3.8, 4) is 0 Å². The fourth-order valence-corrected chi connectivity index (χ4v) is 2.54. The third kappa shape index (κ3) is 9.36. The molecule has 0 unspecified atom stereocenters. The largest absolute Gasteiger partial charge is 0.459 e. The third-order valence-electron chi connectivity index (χ3n) is 4.11. The molecule has 0 aromatic heterocycles. The molecule has 0 bridgehead atoms. The summed E-state index contributed by atoms with van der Waals surface area (Å²) in [6.07, 6.45) is 1.60. The molecule has 8 nitrogen and oxygen atoms in total. The predicted octanol–water partition coefficient (Wildman–Crippen LogP) is 0.902. The van der Waals surface area contributed by atoms with Crippen LogP contribution in [0.2, 0.25) is 0 Å². The van der Waals surface area contributed by atoms with Crippen LogP contribution in [0.1, 0.15) is 38.7 Å². The highest BCUT2D eigenvalue weighted by atomic mass is 16.5. The van der Waals surface area contributed by atoms with Crippen LogP contribution in [0.3, 0.4) is 0 Å². The number of guanidine groups is 1. The summed E-state index contributed by atoms with van der Waals surface area (Å²) in [5, 5.41) is 5.65. The topological polar surface area (TPSA) is 132 Å². The molecule has 0 heterocycles. The molecule has 0 radical (unpaired) electrons. The number of amides is 1. The van der Waals surface area contributed by atoms with E-state index in [-0.39, 0.29) is 18.4 Å². The minimum Gasteiger partial charge on any atom is -0.459 e. The molecule has 2 atom stereocenters. The van der Waals surface area contributed by atoms with Crippen molar-refractivity contribution in [3.63, 3.8) is 0 Å². The van der Waals surface area contributed by atoms with Crippen LogP contribution in [0, 0.1) is 5.92 Å². The molecule has 0 fully saturated rings. The van der Waals surface area contributed by atoms with E-state index in [1.165, 1.54) is 0 Å². The van der Waals surface area contributed by atoms with Crippen LogP contribution < -0.4 is 22.1 Å². The van der Waals surface area contributed by atoms with Crippen molar-refractivity contribution in [1.29, 1.82) is 0 Å². The van der Waals surface area contributed by atoms with E-state index >= 15 is 0 Å². The van der Waals surface area contributed by atoms with Crippen molar-refractivity contribution < 1.29 is 14.3 Å². The van der Waals surface area contributed by atoms with E-state index in [9.17, 15) is 9.59 Å². The molecule has 0 aliphatic rings. The van der Waals surface area contributed by atoms with Gasteiger partial charge in [0.15, 0.2) is 5.96 Å². The molecule has 6 N–H and O–H groups in total. The Balaban J connectivity index is 2.51. The maximum Gasteiger partial charge on any atom is 0.328 e. The van der Waals surface area contributed by atoms with Gasteiger partial charge in [-0.15, -0.1) is 0 Å². The lowest BCUT2D eigenvalue weighted by Crippen LogP contribution is -2.49. The second-order valence-corrected chi connectivity index (χ2v) is 7.07. The predicted molar refractivity (Wildman–Crippen MR) is 110 cm³/mol. The molecule has 1 rings (SSSR count). The van der Waals surface area contributed by atoms with E-state index < -0.39 is 18.1 Å². The Morgan fingerprint density at radius 1 is 1.21 bits per heavy atom. The molecule has 8 heteroatoms. The van der Waals surface area contributed by atoms with Gasteiger partial charge in [0.05, 0.1) is 6.04 Å². The molecule has 1 aromatic carbocycles. The van der Waals surface area contributed by atoms with Gasteiger partial charge in [0, 0.05) is 13.6 Å². The van der Waals surface area contributed by atoms with Gasteiger partial charge in [-0.25, -0.2) is 4.79 Å². The average Bonchev–Trinajstić information content (AvgIpc) is 2.68. The van der Waals surface area contributed by atoms with E-state index in [0.717, 1.165) is 5.56 Å². The first kappa shape index (κ1) is 23.4. The van der Waals surface area contributed by atoms with Crippen molar-refractivity contribution >= 4 is 17.8 Å². The number of hydrogen-bond donors (Lipinski definition) is 4. The Kier molecular flexibility index (Phi) is 10.6. The number of benzene rings is 1. The van der Waals surface area contributed by atoms with Crippen molar-refractivity contribution in [2.45, 2.75) is 51.8 Å². The molecule has 28 heavy (non-hydrogen) atoms. The van der Waals surface area contributed by atoms with Gasteiger partial charge in [-0.05, 0) is 30.7 Å². The summed E-state index contributed by atoms with van der Waals surface area (Å²) in [5.41, 5.74) is 12.4. The number of nitrogens with zero attached hydrogens (tertiary/aromatic N) is 1. The zero-order chi connectivity index (χ0) is 20.9. The Labute approximate surface area is 167 Å². The zero-order valence-corrected chi connectivity index (χ0v) is 17.0. The summed E-state index contributed by atoms with van der Waals surface area (Å²) in [6, 6.07) is 7.98. The summed E-state index contributed by atoms with van der Waals surface area (Å²) >= 11 is 0. The van der Waals surface area contributed by atoms with Crippen molar-refractivity contribution in [2.24, 2.45) is 22.4 Å². The molecule has 0 saturated carbocycles. The summed E-state index contributed by atoms with van der Waals surface area (Å²) in [5.74, 6) is -0.256. The number of aliphatic imine (C=N–C) groups is 1. The van der Waals surface area contributed by atoms with Crippen LogP contribution in [0.15, 0.2) is 35.3 Å². The lowest BCUT2D eigenvalue weighted by atomic mass is 10.0. The Bertz CT molecular complexity index is 634. The first-order valence-corrected chi connectivity index (χ1v) is 9.56. The number of ether oxygens (including phenoxy) is 1. The second kappa shape index (κ2) is 12.7. The molecular weight excluding hydrogens is 358 g/mol. The molecule has 1 aromatic rings. The van der Waals surface area contributed by atoms with Gasteiger partial charge in [0.1, 0.15) is 12.6 Å². The van der Waals surface area contributed by atoms with Crippen LogP contribution in [-0.2, 0) is 20.9 Å². The summed E-state index contributed by atoms with van der Waals surface area (Å²) < 4.78 is 5.38. The minimum atomic E-state index is -0.719. The molecular formula is C20H33N5O3. The van der Waals surface area contributed by atoms with Crippen molar-refractivity contribution in [2.75, 3.05) is 13.6 Å². The van der Waals surface area contributed by atoms with Crippen molar-refractivity contribution in [3.05, 3.63) is 35.9 Å². The fraction of sp³-hybridized carbons (Fsp3) is 0.550. The number of nitrogens with two attached hydrogens (primary N) is 2. The Morgan fingerprint density at radius 3 is 2.50 bits per heavy atom. The number of rotatable bonds is 11. The minimum absolute atomic E-state index is 0.169. The van der Waals surface area contributed by atoms with Crippen LogP contribution in [0.25, 0.3) is 0 Å². The zero-order valence-electron chi connectivity index (χ0n) is 17.0. The fourth-order valence-electron chi connectivity index (χ4n) is 2.54. The summed E-state index contributed by atoms with van der Waals surface area (Å²) in [4.78, 5) is 28.6. The standard InChI is InChI=1S/C20H33N5O3/c1-14(2)12-17(19(27)28-13-15-8-5-4-6-9-15)25-18(26)16(21)10-7-11-24-20(22)23-3/h4-6,8-9,14,16-17H,7,10-13,21H2,1-3H3,(H,25,26)(H3,22,23,24)/t16-,17+/m1/s1. The number of nitrogens with one attached hydrogen (secondary N) is 2. The quantitative estimate of drug-likeness (QED) is 0.192. The highest BCUT2D eigenvalue weighted by Gasteiger charge is 2.25. The van der Waals surface area contributed by atoms with E-state index in [1.807, 2.05) is 44.2 Å². The molecule has 0 aliphatic heterocycles. The highest BCUT2D eigenvalue weighted by Crippen LogP contribution is 2.09. The van der Waals surface area contributed by atoms with Crippen LogP contribution in [0.5, 0.6) is 0 Å². The number of hydrogen-bond acceptors (Lipinski definition) is 5. The highest BCUT2D eigenvalue weighted by molar-refractivity contribution is 5.87. The van der Waals surface area contributed by atoms with Gasteiger partial charge in [-0.2, -0.15) is 0 Å². The van der Waals surface area contributed by atoms with Crippen molar-refractivity contribution in [1.82, 2.24) is 10.6 Å².